The first kappa shape index (κ1) is 13.3. The molecule has 1 amide bonds. The molecular formula is C11H14Cl2N2O. The highest BCUT2D eigenvalue weighted by Crippen LogP contribution is 2.26. The summed E-state index contributed by atoms with van der Waals surface area (Å²) in [5.41, 5.74) is 6.32. The Morgan fingerprint density at radius 3 is 2.69 bits per heavy atom. The lowest BCUT2D eigenvalue weighted by molar-refractivity contribution is -0.131. The van der Waals surface area contributed by atoms with Crippen LogP contribution in [0.3, 0.4) is 0 Å². The molecule has 1 unspecified atom stereocenters. The fourth-order valence-corrected chi connectivity index (χ4v) is 1.73. The zero-order valence-electron chi connectivity index (χ0n) is 9.21. The van der Waals surface area contributed by atoms with E-state index in [-0.39, 0.29) is 5.91 Å². The minimum absolute atomic E-state index is 0.129. The molecule has 0 fully saturated rings. The Balaban J connectivity index is 2.81. The topological polar surface area (TPSA) is 46.3 Å². The van der Waals surface area contributed by atoms with Gasteiger partial charge in [0.25, 0.3) is 0 Å². The molecular weight excluding hydrogens is 247 g/mol. The third-order valence-corrected chi connectivity index (χ3v) is 3.06. The molecule has 1 aromatic rings. The third kappa shape index (κ3) is 3.11. The summed E-state index contributed by atoms with van der Waals surface area (Å²) in [5.74, 6) is -0.129. The van der Waals surface area contributed by atoms with Crippen molar-refractivity contribution in [3.63, 3.8) is 0 Å². The van der Waals surface area contributed by atoms with Gasteiger partial charge in [-0.1, -0.05) is 35.3 Å². The Morgan fingerprint density at radius 2 is 2.12 bits per heavy atom. The minimum atomic E-state index is -0.511. The maximum atomic E-state index is 11.6. The van der Waals surface area contributed by atoms with Crippen LogP contribution in [-0.2, 0) is 11.3 Å². The molecule has 0 aliphatic rings. The Hall–Kier alpha value is -0.770. The van der Waals surface area contributed by atoms with E-state index in [1.807, 2.05) is 6.07 Å². The Labute approximate surface area is 105 Å². The molecule has 88 valence electrons. The first-order valence-corrected chi connectivity index (χ1v) is 5.62. The number of hydrogen-bond acceptors (Lipinski definition) is 2. The number of carbonyl (C=O) groups excluding carboxylic acids is 1. The molecule has 0 aromatic heterocycles. The van der Waals surface area contributed by atoms with Gasteiger partial charge in [0.1, 0.15) is 0 Å². The third-order valence-electron chi connectivity index (χ3n) is 2.20. The number of hydrogen-bond donors (Lipinski definition) is 1. The van der Waals surface area contributed by atoms with Crippen molar-refractivity contribution < 1.29 is 4.79 Å². The van der Waals surface area contributed by atoms with Gasteiger partial charge >= 0.3 is 0 Å². The van der Waals surface area contributed by atoms with Crippen LogP contribution in [0.5, 0.6) is 0 Å². The zero-order chi connectivity index (χ0) is 12.3. The number of halogens is 2. The van der Waals surface area contributed by atoms with Gasteiger partial charge in [0.2, 0.25) is 5.91 Å². The summed E-state index contributed by atoms with van der Waals surface area (Å²) in [7, 11) is 1.68. The lowest BCUT2D eigenvalue weighted by Gasteiger charge is -2.20. The van der Waals surface area contributed by atoms with Gasteiger partial charge in [0, 0.05) is 13.6 Å². The molecule has 1 rings (SSSR count). The van der Waals surface area contributed by atoms with Gasteiger partial charge in [-0.25, -0.2) is 0 Å². The number of nitrogens with zero attached hydrogens (tertiary/aromatic N) is 1. The van der Waals surface area contributed by atoms with Gasteiger partial charge in [-0.15, -0.1) is 0 Å². The van der Waals surface area contributed by atoms with Crippen molar-refractivity contribution in [2.24, 2.45) is 5.73 Å². The molecule has 2 N–H and O–H groups in total. The maximum Gasteiger partial charge on any atom is 0.239 e. The standard InChI is InChI=1S/C11H14Cl2N2O/c1-7(14)11(16)15(2)6-8-4-3-5-9(12)10(8)13/h3-5,7H,6,14H2,1-2H3. The fraction of sp³-hybridized carbons (Fsp3) is 0.364. The second-order valence-electron chi connectivity index (χ2n) is 3.70. The summed E-state index contributed by atoms with van der Waals surface area (Å²) < 4.78 is 0. The quantitative estimate of drug-likeness (QED) is 0.907. The molecule has 0 aliphatic heterocycles. The summed E-state index contributed by atoms with van der Waals surface area (Å²) in [4.78, 5) is 13.1. The van der Waals surface area contributed by atoms with Gasteiger partial charge in [-0.2, -0.15) is 0 Å². The monoisotopic (exact) mass is 260 g/mol. The Morgan fingerprint density at radius 1 is 1.50 bits per heavy atom. The minimum Gasteiger partial charge on any atom is -0.340 e. The van der Waals surface area contributed by atoms with Gasteiger partial charge in [0.15, 0.2) is 0 Å². The summed E-state index contributed by atoms with van der Waals surface area (Å²) in [6, 6.07) is 4.83. The molecule has 0 bridgehead atoms. The van der Waals surface area contributed by atoms with E-state index in [2.05, 4.69) is 0 Å². The van der Waals surface area contributed by atoms with Crippen molar-refractivity contribution in [2.45, 2.75) is 19.5 Å². The van der Waals surface area contributed by atoms with Crippen LogP contribution in [0.1, 0.15) is 12.5 Å². The molecule has 5 heteroatoms. The van der Waals surface area contributed by atoms with E-state index < -0.39 is 6.04 Å². The van der Waals surface area contributed by atoms with Crippen LogP contribution >= 0.6 is 23.2 Å². The van der Waals surface area contributed by atoms with E-state index in [0.717, 1.165) is 5.56 Å². The second kappa shape index (κ2) is 5.53. The van der Waals surface area contributed by atoms with E-state index in [1.165, 1.54) is 4.90 Å². The number of nitrogens with two attached hydrogens (primary N) is 1. The number of amides is 1. The van der Waals surface area contributed by atoms with Gasteiger partial charge in [-0.3, -0.25) is 4.79 Å². The molecule has 0 radical (unpaired) electrons. The first-order chi connectivity index (χ1) is 7.43. The van der Waals surface area contributed by atoms with E-state index in [0.29, 0.717) is 16.6 Å². The molecule has 0 spiro atoms. The lowest BCUT2D eigenvalue weighted by Crippen LogP contribution is -2.39. The highest BCUT2D eigenvalue weighted by atomic mass is 35.5. The van der Waals surface area contributed by atoms with Crippen LogP contribution in [0.2, 0.25) is 10.0 Å². The van der Waals surface area contributed by atoms with E-state index >= 15 is 0 Å². The van der Waals surface area contributed by atoms with Crippen LogP contribution in [0.4, 0.5) is 0 Å². The molecule has 16 heavy (non-hydrogen) atoms. The highest BCUT2D eigenvalue weighted by molar-refractivity contribution is 6.42. The van der Waals surface area contributed by atoms with Crippen LogP contribution in [0.15, 0.2) is 18.2 Å². The van der Waals surface area contributed by atoms with Crippen molar-refractivity contribution in [3.05, 3.63) is 33.8 Å². The summed E-state index contributed by atoms with van der Waals surface area (Å²) in [6.45, 7) is 2.05. The van der Waals surface area contributed by atoms with Crippen molar-refractivity contribution in [1.29, 1.82) is 0 Å². The van der Waals surface area contributed by atoms with Crippen molar-refractivity contribution in [1.82, 2.24) is 4.90 Å². The Bertz CT molecular complexity index is 394. The fourth-order valence-electron chi connectivity index (χ4n) is 1.35. The molecule has 0 saturated carbocycles. The molecule has 0 saturated heterocycles. The van der Waals surface area contributed by atoms with Gasteiger partial charge in [0.05, 0.1) is 16.1 Å². The van der Waals surface area contributed by atoms with Crippen LogP contribution in [0.25, 0.3) is 0 Å². The zero-order valence-corrected chi connectivity index (χ0v) is 10.7. The van der Waals surface area contributed by atoms with E-state index in [4.69, 9.17) is 28.9 Å². The molecule has 0 heterocycles. The molecule has 1 aromatic carbocycles. The Kier molecular flexibility index (Phi) is 4.59. The normalized spacial score (nSPS) is 12.3. The summed E-state index contributed by atoms with van der Waals surface area (Å²) >= 11 is 11.9. The molecule has 3 nitrogen and oxygen atoms in total. The average Bonchev–Trinajstić information content (AvgIpc) is 2.23. The number of likely N-dealkylation sites (N-methyl/N-ethyl adjacent to an activating group) is 1. The van der Waals surface area contributed by atoms with Crippen LogP contribution in [0, 0.1) is 0 Å². The smallest absolute Gasteiger partial charge is 0.239 e. The van der Waals surface area contributed by atoms with Crippen molar-refractivity contribution in [2.75, 3.05) is 7.05 Å². The first-order valence-electron chi connectivity index (χ1n) is 4.87. The average molecular weight is 261 g/mol. The van der Waals surface area contributed by atoms with Crippen molar-refractivity contribution in [3.8, 4) is 0 Å². The SMILES string of the molecule is CC(N)C(=O)N(C)Cc1cccc(Cl)c1Cl. The maximum absolute atomic E-state index is 11.6. The van der Waals surface area contributed by atoms with E-state index in [1.54, 1.807) is 26.1 Å². The molecule has 1 atom stereocenters. The van der Waals surface area contributed by atoms with Gasteiger partial charge < -0.3 is 10.6 Å². The van der Waals surface area contributed by atoms with Crippen molar-refractivity contribution >= 4 is 29.1 Å². The molecule has 0 aliphatic carbocycles. The predicted molar refractivity (Wildman–Crippen MR) is 66.6 cm³/mol. The predicted octanol–water partition coefficient (Wildman–Crippen LogP) is 2.30. The number of rotatable bonds is 3. The number of benzene rings is 1. The number of carbonyl (C=O) groups is 1. The van der Waals surface area contributed by atoms with Crippen LogP contribution < -0.4 is 5.73 Å². The highest BCUT2D eigenvalue weighted by Gasteiger charge is 2.15. The second-order valence-corrected chi connectivity index (χ2v) is 4.48. The largest absolute Gasteiger partial charge is 0.340 e. The summed E-state index contributed by atoms with van der Waals surface area (Å²) in [5, 5.41) is 0.967. The lowest BCUT2D eigenvalue weighted by atomic mass is 10.2. The van der Waals surface area contributed by atoms with E-state index in [9.17, 15) is 4.79 Å². The summed E-state index contributed by atoms with van der Waals surface area (Å²) in [6.07, 6.45) is 0. The van der Waals surface area contributed by atoms with Crippen LogP contribution in [-0.4, -0.2) is 23.9 Å². The van der Waals surface area contributed by atoms with Gasteiger partial charge in [-0.05, 0) is 18.6 Å².